The Bertz CT molecular complexity index is 2480. The molecule has 332 valence electrons. The van der Waals surface area contributed by atoms with Crippen molar-refractivity contribution in [2.24, 2.45) is 35.5 Å². The third-order valence-corrected chi connectivity index (χ3v) is 16.5. The number of nitrogens with zero attached hydrogens (tertiary/aromatic N) is 1. The molecule has 0 aliphatic heterocycles. The summed E-state index contributed by atoms with van der Waals surface area (Å²) in [5.74, 6) is 4.88. The van der Waals surface area contributed by atoms with Gasteiger partial charge in [-0.05, 0) is 199 Å². The van der Waals surface area contributed by atoms with Gasteiger partial charge in [-0.2, -0.15) is 0 Å². The molecule has 5 aromatic rings. The van der Waals surface area contributed by atoms with Crippen LogP contribution < -0.4 is 0 Å². The molecule has 4 aromatic carbocycles. The number of aromatic hydroxyl groups is 1. The molecule has 0 saturated heterocycles. The maximum atomic E-state index is 12.8. The van der Waals surface area contributed by atoms with E-state index in [1.165, 1.54) is 95.9 Å². The van der Waals surface area contributed by atoms with Crippen molar-refractivity contribution in [2.75, 3.05) is 0 Å². The Morgan fingerprint density at radius 1 is 0.492 bits per heavy atom. The van der Waals surface area contributed by atoms with Gasteiger partial charge in [-0.1, -0.05) is 135 Å². The van der Waals surface area contributed by atoms with E-state index in [1.54, 1.807) is 5.56 Å². The molecule has 0 radical (unpaired) electrons. The van der Waals surface area contributed by atoms with Crippen molar-refractivity contribution in [2.45, 2.75) is 169 Å². The average molecular weight is 840 g/mol. The third-order valence-electron chi connectivity index (χ3n) is 16.5. The van der Waals surface area contributed by atoms with Crippen LogP contribution in [0.15, 0.2) is 84.9 Å². The predicted octanol–water partition coefficient (Wildman–Crippen LogP) is 16.9. The largest absolute Gasteiger partial charge is 0.507 e. The zero-order chi connectivity index (χ0) is 44.8. The lowest BCUT2D eigenvalue weighted by atomic mass is 9.54. The molecule has 0 amide bonds. The van der Waals surface area contributed by atoms with Crippen LogP contribution in [0.1, 0.15) is 167 Å². The number of benzene rings is 4. The molecule has 4 aliphatic rings. The summed E-state index contributed by atoms with van der Waals surface area (Å²) in [6.07, 6.45) is 12.8. The lowest BCUT2D eigenvalue weighted by molar-refractivity contribution is 0.0762. The topological polar surface area (TPSA) is 33.1 Å². The highest BCUT2D eigenvalue weighted by Crippen LogP contribution is 2.58. The lowest BCUT2D eigenvalue weighted by Gasteiger charge is -2.51. The Morgan fingerprint density at radius 2 is 0.968 bits per heavy atom. The van der Waals surface area contributed by atoms with E-state index in [0.29, 0.717) is 17.6 Å². The number of aromatic nitrogens is 1. The minimum Gasteiger partial charge on any atom is -0.507 e. The summed E-state index contributed by atoms with van der Waals surface area (Å²) in [5.41, 5.74) is 16.8. The van der Waals surface area contributed by atoms with E-state index in [-0.39, 0.29) is 21.7 Å². The van der Waals surface area contributed by atoms with Crippen LogP contribution in [-0.4, -0.2) is 10.1 Å². The molecule has 4 saturated carbocycles. The first-order chi connectivity index (χ1) is 29.7. The van der Waals surface area contributed by atoms with E-state index in [0.717, 1.165) is 64.6 Å². The van der Waals surface area contributed by atoms with E-state index < -0.39 is 0 Å². The molecule has 1 aromatic heterocycles. The molecule has 4 atom stereocenters. The van der Waals surface area contributed by atoms with E-state index in [4.69, 9.17) is 4.98 Å². The first-order valence-corrected chi connectivity index (χ1v) is 24.9. The summed E-state index contributed by atoms with van der Waals surface area (Å²) in [5, 5.41) is 12.8. The van der Waals surface area contributed by atoms with Crippen molar-refractivity contribution in [3.8, 4) is 50.5 Å². The van der Waals surface area contributed by atoms with Crippen LogP contribution in [0, 0.1) is 49.4 Å². The Morgan fingerprint density at radius 3 is 1.51 bits per heavy atom. The number of phenolic OH excluding ortho intramolecular Hbond substituents is 1. The lowest BCUT2D eigenvalue weighted by Crippen LogP contribution is -2.42. The minimum absolute atomic E-state index is 0.000645. The van der Waals surface area contributed by atoms with Gasteiger partial charge in [-0.3, -0.25) is 0 Å². The highest BCUT2D eigenvalue weighted by atomic mass is 16.3. The monoisotopic (exact) mass is 840 g/mol. The van der Waals surface area contributed by atoms with Crippen molar-refractivity contribution in [1.82, 2.24) is 4.98 Å². The molecule has 4 bridgehead atoms. The summed E-state index contributed by atoms with van der Waals surface area (Å²) in [6, 6.07) is 32.7. The second-order valence-corrected chi connectivity index (χ2v) is 24.6. The Hall–Kier alpha value is -4.17. The van der Waals surface area contributed by atoms with Gasteiger partial charge >= 0.3 is 0 Å². The van der Waals surface area contributed by atoms with Crippen LogP contribution in [0.25, 0.3) is 44.8 Å². The molecule has 0 spiro atoms. The zero-order valence-electron chi connectivity index (χ0n) is 41.0. The van der Waals surface area contributed by atoms with Crippen LogP contribution in [0.5, 0.6) is 5.75 Å². The van der Waals surface area contributed by atoms with Gasteiger partial charge < -0.3 is 5.11 Å². The van der Waals surface area contributed by atoms with Gasteiger partial charge in [0.2, 0.25) is 0 Å². The quantitative estimate of drug-likeness (QED) is 0.185. The van der Waals surface area contributed by atoms with E-state index >= 15 is 0 Å². The SMILES string of the molecule is Cc1ccc(-c2cc(C(C)(C)C)cc(C34CC(C)CC(CC(C)C3)C4)c2)c(-c2cccc(-c3cc(C)ccc3-c3cc(C(C)(C)C)cc(C45CC(C)CC(CC(C)C4)C5)c3O)n2)c1. The average Bonchev–Trinajstić information content (AvgIpc) is 3.19. The smallest absolute Gasteiger partial charge is 0.127 e. The fourth-order valence-corrected chi connectivity index (χ4v) is 14.3. The van der Waals surface area contributed by atoms with Crippen molar-refractivity contribution >= 4 is 0 Å². The van der Waals surface area contributed by atoms with Crippen LogP contribution in [0.3, 0.4) is 0 Å². The van der Waals surface area contributed by atoms with Crippen molar-refractivity contribution in [1.29, 1.82) is 0 Å². The maximum Gasteiger partial charge on any atom is 0.127 e. The van der Waals surface area contributed by atoms with Gasteiger partial charge in [0.25, 0.3) is 0 Å². The van der Waals surface area contributed by atoms with Crippen LogP contribution in [0.4, 0.5) is 0 Å². The number of hydrogen-bond acceptors (Lipinski definition) is 2. The van der Waals surface area contributed by atoms with Gasteiger partial charge in [-0.15, -0.1) is 0 Å². The molecular formula is C61H77NO. The van der Waals surface area contributed by atoms with Crippen molar-refractivity contribution in [3.05, 3.63) is 118 Å². The number of fused-ring (bicyclic) bond motifs is 4. The van der Waals surface area contributed by atoms with Crippen molar-refractivity contribution < 1.29 is 5.11 Å². The minimum atomic E-state index is -0.0750. The highest BCUT2D eigenvalue weighted by molar-refractivity contribution is 5.88. The summed E-state index contributed by atoms with van der Waals surface area (Å²) in [7, 11) is 0. The Labute approximate surface area is 381 Å². The van der Waals surface area contributed by atoms with Gasteiger partial charge in [0.15, 0.2) is 0 Å². The van der Waals surface area contributed by atoms with Gasteiger partial charge in [-0.25, -0.2) is 4.98 Å². The summed E-state index contributed by atoms with van der Waals surface area (Å²) < 4.78 is 0. The first kappa shape index (κ1) is 44.1. The van der Waals surface area contributed by atoms with E-state index in [2.05, 4.69) is 168 Å². The molecule has 63 heavy (non-hydrogen) atoms. The van der Waals surface area contributed by atoms with Crippen molar-refractivity contribution in [3.63, 3.8) is 0 Å². The second-order valence-electron chi connectivity index (χ2n) is 24.6. The molecule has 4 unspecified atom stereocenters. The molecule has 1 N–H and O–H groups in total. The van der Waals surface area contributed by atoms with Gasteiger partial charge in [0.05, 0.1) is 11.4 Å². The molecule has 2 heteroatoms. The third kappa shape index (κ3) is 8.48. The van der Waals surface area contributed by atoms with Crippen LogP contribution in [-0.2, 0) is 21.7 Å². The molecule has 4 fully saturated rings. The highest BCUT2D eigenvalue weighted by Gasteiger charge is 2.48. The summed E-state index contributed by atoms with van der Waals surface area (Å²) in [6.45, 7) is 28.4. The van der Waals surface area contributed by atoms with Gasteiger partial charge in [0.1, 0.15) is 5.75 Å². The van der Waals surface area contributed by atoms with E-state index in [9.17, 15) is 5.11 Å². The Balaban J connectivity index is 1.19. The number of pyridine rings is 1. The number of aryl methyl sites for hydroxylation is 2. The molecule has 9 rings (SSSR count). The second kappa shape index (κ2) is 16.1. The maximum absolute atomic E-state index is 12.8. The number of rotatable bonds is 6. The first-order valence-electron chi connectivity index (χ1n) is 24.9. The molecular weight excluding hydrogens is 763 g/mol. The molecule has 1 heterocycles. The number of phenols is 1. The van der Waals surface area contributed by atoms with Crippen LogP contribution in [0.2, 0.25) is 0 Å². The van der Waals surface area contributed by atoms with Crippen LogP contribution >= 0.6 is 0 Å². The summed E-state index contributed by atoms with van der Waals surface area (Å²) in [4.78, 5) is 5.62. The fraction of sp³-hybridized carbons (Fsp3) is 0.525. The number of hydrogen-bond donors (Lipinski definition) is 1. The van der Waals surface area contributed by atoms with Gasteiger partial charge in [0, 0.05) is 22.3 Å². The van der Waals surface area contributed by atoms with E-state index in [1.807, 2.05) is 0 Å². The predicted molar refractivity (Wildman–Crippen MR) is 268 cm³/mol. The standard InChI is InChI=1S/C61H77NO/c1-37-16-18-49(45-26-46(58(7,8)9)28-48(27-45)60-31-39(3)20-43(35-60)21-40(4)32-60)51(24-37)55-14-13-15-56(62-55)52-25-38(2)17-19-50(52)53-29-47(59(10,11)12)30-54(57(53)63)61-33-41(5)22-44(36-61)23-42(6)34-61/h13-19,24-30,39-44,63H,20-23,31-36H2,1-12H3. The molecule has 2 nitrogen and oxygen atoms in total. The fourth-order valence-electron chi connectivity index (χ4n) is 14.3. The summed E-state index contributed by atoms with van der Waals surface area (Å²) >= 11 is 0. The zero-order valence-corrected chi connectivity index (χ0v) is 41.0. The normalized spacial score (nSPS) is 28.5. The molecule has 4 aliphatic carbocycles. The Kier molecular flexibility index (Phi) is 11.2.